The molecule has 33 heavy (non-hydrogen) atoms. The lowest BCUT2D eigenvalue weighted by Crippen LogP contribution is -2.31. The van der Waals surface area contributed by atoms with Gasteiger partial charge in [0.2, 0.25) is 11.8 Å². The number of likely N-dealkylation sites (tertiary alicyclic amines) is 1. The lowest BCUT2D eigenvalue weighted by molar-refractivity contribution is -0.118. The van der Waals surface area contributed by atoms with Gasteiger partial charge in [-0.05, 0) is 56.5 Å². The van der Waals surface area contributed by atoms with E-state index in [1.54, 1.807) is 24.3 Å². The van der Waals surface area contributed by atoms with E-state index in [1.807, 2.05) is 4.90 Å². The van der Waals surface area contributed by atoms with E-state index in [0.717, 1.165) is 45.3 Å². The van der Waals surface area contributed by atoms with Crippen molar-refractivity contribution in [2.75, 3.05) is 19.6 Å². The van der Waals surface area contributed by atoms with Gasteiger partial charge in [0, 0.05) is 30.6 Å². The molecule has 6 N–H and O–H groups in total. The quantitative estimate of drug-likeness (QED) is 0.382. The maximum atomic E-state index is 12.2. The van der Waals surface area contributed by atoms with E-state index in [1.165, 1.54) is 57.8 Å². The summed E-state index contributed by atoms with van der Waals surface area (Å²) in [4.78, 5) is 35.5. The van der Waals surface area contributed by atoms with Crippen LogP contribution in [0.1, 0.15) is 111 Å². The molecule has 0 aromatic heterocycles. The Labute approximate surface area is 199 Å². The van der Waals surface area contributed by atoms with Gasteiger partial charge < -0.3 is 22.1 Å². The molecule has 0 unspecified atom stereocenters. The molecule has 1 aliphatic heterocycles. The fourth-order valence-electron chi connectivity index (χ4n) is 3.91. The third-order valence-electron chi connectivity index (χ3n) is 5.94. The van der Waals surface area contributed by atoms with Gasteiger partial charge in [0.15, 0.2) is 0 Å². The van der Waals surface area contributed by atoms with Crippen molar-refractivity contribution in [2.45, 2.75) is 89.9 Å². The smallest absolute Gasteiger partial charge is 0.253 e. The monoisotopic (exact) mass is 460 g/mol. The number of hydrogen-bond donors (Lipinski definition) is 3. The number of hydrogen-bond acceptors (Lipinski definition) is 4. The molecule has 1 aromatic carbocycles. The fourth-order valence-corrected chi connectivity index (χ4v) is 3.91. The molecular formula is C26H44N4O3. The first kappa shape index (κ1) is 28.6. The Hall–Kier alpha value is -2.41. The highest BCUT2D eigenvalue weighted by atomic mass is 16.2. The van der Waals surface area contributed by atoms with E-state index < -0.39 is 5.91 Å². The average Bonchev–Trinajstić information content (AvgIpc) is 3.10. The summed E-state index contributed by atoms with van der Waals surface area (Å²) in [5.41, 5.74) is 16.7. The summed E-state index contributed by atoms with van der Waals surface area (Å²) in [6.07, 6.45) is 16.1. The maximum Gasteiger partial charge on any atom is 0.253 e. The van der Waals surface area contributed by atoms with Crippen molar-refractivity contribution < 1.29 is 14.4 Å². The van der Waals surface area contributed by atoms with Crippen molar-refractivity contribution in [3.8, 4) is 0 Å². The Kier molecular flexibility index (Phi) is 15.7. The van der Waals surface area contributed by atoms with Crippen molar-refractivity contribution >= 4 is 17.7 Å². The predicted molar refractivity (Wildman–Crippen MR) is 134 cm³/mol. The summed E-state index contributed by atoms with van der Waals surface area (Å²) in [5.74, 6) is -0.589. The van der Waals surface area contributed by atoms with E-state index in [9.17, 15) is 14.4 Å². The molecule has 3 amide bonds. The minimum absolute atomic E-state index is 0.0490. The van der Waals surface area contributed by atoms with E-state index >= 15 is 0 Å². The van der Waals surface area contributed by atoms with Crippen LogP contribution >= 0.6 is 0 Å². The summed E-state index contributed by atoms with van der Waals surface area (Å²) >= 11 is 0. The second-order valence-corrected chi connectivity index (χ2v) is 8.83. The first-order valence-corrected chi connectivity index (χ1v) is 12.6. The van der Waals surface area contributed by atoms with Crippen molar-refractivity contribution in [3.05, 3.63) is 35.4 Å². The van der Waals surface area contributed by atoms with Crippen LogP contribution in [-0.4, -0.2) is 42.3 Å². The lowest BCUT2D eigenvalue weighted by atomic mass is 10.1. The van der Waals surface area contributed by atoms with E-state index in [-0.39, 0.29) is 11.8 Å². The number of unbranched alkanes of at least 4 members (excludes halogenated alkanes) is 8. The molecule has 1 fully saturated rings. The summed E-state index contributed by atoms with van der Waals surface area (Å²) in [7, 11) is 0. The topological polar surface area (TPSA) is 133 Å². The van der Waals surface area contributed by atoms with E-state index in [0.29, 0.717) is 17.5 Å². The lowest BCUT2D eigenvalue weighted by Gasteiger charge is -2.20. The van der Waals surface area contributed by atoms with Gasteiger partial charge in [-0.3, -0.25) is 14.4 Å². The Morgan fingerprint density at radius 2 is 1.12 bits per heavy atom. The number of amides is 3. The third kappa shape index (κ3) is 13.7. The molecule has 1 saturated heterocycles. The minimum atomic E-state index is -0.469. The van der Waals surface area contributed by atoms with Crippen LogP contribution in [0.5, 0.6) is 0 Å². The molecule has 0 atom stereocenters. The highest BCUT2D eigenvalue weighted by molar-refractivity contribution is 5.97. The fraction of sp³-hybridized carbons (Fsp3) is 0.654. The normalized spacial score (nSPS) is 13.5. The largest absolute Gasteiger partial charge is 0.370 e. The predicted octanol–water partition coefficient (Wildman–Crippen LogP) is 4.13. The van der Waals surface area contributed by atoms with Gasteiger partial charge in [0.05, 0.1) is 0 Å². The molecule has 186 valence electrons. The second kappa shape index (κ2) is 18.1. The zero-order valence-electron chi connectivity index (χ0n) is 20.2. The molecule has 0 aliphatic carbocycles. The first-order valence-electron chi connectivity index (χ1n) is 12.6. The van der Waals surface area contributed by atoms with Crippen LogP contribution in [0.25, 0.3) is 0 Å². The number of nitrogens with two attached hydrogens (primary N) is 3. The third-order valence-corrected chi connectivity index (χ3v) is 5.94. The van der Waals surface area contributed by atoms with Gasteiger partial charge in [-0.15, -0.1) is 0 Å². The van der Waals surface area contributed by atoms with Crippen LogP contribution in [-0.2, 0) is 4.79 Å². The average molecular weight is 461 g/mol. The van der Waals surface area contributed by atoms with Gasteiger partial charge in [-0.2, -0.15) is 0 Å². The summed E-state index contributed by atoms with van der Waals surface area (Å²) in [5, 5.41) is 0. The molecule has 0 radical (unpaired) electrons. The van der Waals surface area contributed by atoms with Gasteiger partial charge in [-0.25, -0.2) is 0 Å². The molecule has 7 nitrogen and oxygen atoms in total. The minimum Gasteiger partial charge on any atom is -0.370 e. The first-order chi connectivity index (χ1) is 16.0. The highest BCUT2D eigenvalue weighted by Crippen LogP contribution is 2.14. The molecule has 0 saturated carbocycles. The van der Waals surface area contributed by atoms with Gasteiger partial charge in [0.25, 0.3) is 5.91 Å². The number of carbonyl (C=O) groups excluding carboxylic acids is 3. The molecule has 7 heteroatoms. The standard InChI is InChI=1S/C14H18N2O2.C12H26N2O/c15-13(17)11-5-7-12(8-6-11)14(18)16-9-3-1-2-4-10-16;13-11-9-7-5-3-1-2-4-6-8-10-12(14)15/h5-8H,1-4,9-10H2,(H2,15,17);1-11,13H2,(H2,14,15). The van der Waals surface area contributed by atoms with Crippen molar-refractivity contribution in [1.82, 2.24) is 4.90 Å². The van der Waals surface area contributed by atoms with Crippen LogP contribution in [0.3, 0.4) is 0 Å². The molecule has 2 rings (SSSR count). The molecule has 1 aliphatic rings. The van der Waals surface area contributed by atoms with Gasteiger partial charge in [-0.1, -0.05) is 57.8 Å². The maximum absolute atomic E-state index is 12.2. The van der Waals surface area contributed by atoms with Crippen molar-refractivity contribution in [2.24, 2.45) is 17.2 Å². The second-order valence-electron chi connectivity index (χ2n) is 8.83. The zero-order chi connectivity index (χ0) is 24.3. The number of nitrogens with zero attached hydrogens (tertiary/aromatic N) is 1. The van der Waals surface area contributed by atoms with E-state index in [4.69, 9.17) is 17.2 Å². The van der Waals surface area contributed by atoms with Crippen molar-refractivity contribution in [3.63, 3.8) is 0 Å². The van der Waals surface area contributed by atoms with Gasteiger partial charge >= 0.3 is 0 Å². The number of rotatable bonds is 13. The SMILES string of the molecule is NC(=O)c1ccc(C(=O)N2CCCCCC2)cc1.NCCCCCCCCCCCC(N)=O. The molecule has 0 spiro atoms. The van der Waals surface area contributed by atoms with Crippen LogP contribution in [0.15, 0.2) is 24.3 Å². The number of benzene rings is 1. The number of carbonyl (C=O) groups is 3. The van der Waals surface area contributed by atoms with Crippen LogP contribution in [0.4, 0.5) is 0 Å². The molecule has 0 bridgehead atoms. The Bertz CT molecular complexity index is 683. The summed E-state index contributed by atoms with van der Waals surface area (Å²) < 4.78 is 0. The Balaban J connectivity index is 0.000000337. The van der Waals surface area contributed by atoms with Gasteiger partial charge in [0.1, 0.15) is 0 Å². The summed E-state index contributed by atoms with van der Waals surface area (Å²) in [6, 6.07) is 6.56. The highest BCUT2D eigenvalue weighted by Gasteiger charge is 2.17. The van der Waals surface area contributed by atoms with Crippen LogP contribution in [0.2, 0.25) is 0 Å². The number of primary amides is 2. The van der Waals surface area contributed by atoms with E-state index in [2.05, 4.69) is 0 Å². The van der Waals surface area contributed by atoms with Crippen molar-refractivity contribution in [1.29, 1.82) is 0 Å². The zero-order valence-corrected chi connectivity index (χ0v) is 20.2. The van der Waals surface area contributed by atoms with Crippen LogP contribution in [0, 0.1) is 0 Å². The summed E-state index contributed by atoms with van der Waals surface area (Å²) in [6.45, 7) is 2.49. The van der Waals surface area contributed by atoms with Crippen LogP contribution < -0.4 is 17.2 Å². The Morgan fingerprint density at radius 3 is 1.58 bits per heavy atom. The molecular weight excluding hydrogens is 416 g/mol. The molecule has 1 aromatic rings. The Morgan fingerprint density at radius 1 is 0.667 bits per heavy atom. The molecule has 1 heterocycles.